The number of phenols is 1. The average Bonchev–Trinajstić information content (AvgIpc) is 3.12. The van der Waals surface area contributed by atoms with Gasteiger partial charge in [-0.1, -0.05) is 13.8 Å². The van der Waals surface area contributed by atoms with Crippen molar-refractivity contribution in [2.45, 2.75) is 58.4 Å². The van der Waals surface area contributed by atoms with Crippen molar-refractivity contribution < 1.29 is 19.5 Å². The SMILES string of the molecule is CCC1CCC(=O)CC(CC)C(=O)C(C2NCCc3c2[nH]c2ccc(O)cc32)C1=O. The van der Waals surface area contributed by atoms with Crippen LogP contribution in [-0.2, 0) is 20.8 Å². The van der Waals surface area contributed by atoms with Gasteiger partial charge >= 0.3 is 0 Å². The molecule has 4 unspecified atom stereocenters. The van der Waals surface area contributed by atoms with Gasteiger partial charge < -0.3 is 15.4 Å². The monoisotopic (exact) mass is 410 g/mol. The van der Waals surface area contributed by atoms with Crippen LogP contribution in [0.2, 0.25) is 0 Å². The number of aromatic amines is 1. The Balaban J connectivity index is 1.82. The number of hydrogen-bond acceptors (Lipinski definition) is 5. The minimum absolute atomic E-state index is 0.0393. The predicted molar refractivity (Wildman–Crippen MR) is 114 cm³/mol. The number of phenolic OH excluding ortho intramolecular Hbond substituents is 1. The highest BCUT2D eigenvalue weighted by Gasteiger charge is 2.44. The van der Waals surface area contributed by atoms with Crippen LogP contribution in [0.3, 0.4) is 0 Å². The van der Waals surface area contributed by atoms with Gasteiger partial charge in [-0.3, -0.25) is 14.4 Å². The van der Waals surface area contributed by atoms with Gasteiger partial charge in [0.25, 0.3) is 0 Å². The molecule has 0 saturated heterocycles. The predicted octanol–water partition coefficient (Wildman–Crippen LogP) is 3.62. The Morgan fingerprint density at radius 2 is 1.77 bits per heavy atom. The van der Waals surface area contributed by atoms with Crippen LogP contribution >= 0.6 is 0 Å². The number of carbonyl (C=O) groups is 3. The summed E-state index contributed by atoms with van der Waals surface area (Å²) in [6, 6.07) is 4.77. The van der Waals surface area contributed by atoms with Crippen molar-refractivity contribution in [2.75, 3.05) is 6.54 Å². The van der Waals surface area contributed by atoms with Crippen molar-refractivity contribution in [3.8, 4) is 5.75 Å². The van der Waals surface area contributed by atoms with E-state index >= 15 is 0 Å². The zero-order valence-electron chi connectivity index (χ0n) is 17.7. The molecule has 0 bridgehead atoms. The molecule has 6 heteroatoms. The third-order valence-electron chi connectivity index (χ3n) is 6.96. The van der Waals surface area contributed by atoms with Crippen LogP contribution in [0, 0.1) is 17.8 Å². The van der Waals surface area contributed by atoms with E-state index in [2.05, 4.69) is 10.3 Å². The summed E-state index contributed by atoms with van der Waals surface area (Å²) in [4.78, 5) is 43.0. The van der Waals surface area contributed by atoms with Crippen molar-refractivity contribution in [2.24, 2.45) is 17.8 Å². The van der Waals surface area contributed by atoms with E-state index in [1.807, 2.05) is 19.9 Å². The maximum Gasteiger partial charge on any atom is 0.148 e. The van der Waals surface area contributed by atoms with Gasteiger partial charge in [0, 0.05) is 41.3 Å². The van der Waals surface area contributed by atoms with E-state index in [4.69, 9.17) is 0 Å². The number of ketones is 3. The van der Waals surface area contributed by atoms with Gasteiger partial charge in [0.15, 0.2) is 0 Å². The quantitative estimate of drug-likeness (QED) is 0.671. The molecule has 2 aromatic rings. The molecular weight excluding hydrogens is 380 g/mol. The lowest BCUT2D eigenvalue weighted by atomic mass is 9.75. The molecule has 0 spiro atoms. The summed E-state index contributed by atoms with van der Waals surface area (Å²) in [6.07, 6.45) is 3.08. The van der Waals surface area contributed by atoms with E-state index in [1.165, 1.54) is 0 Å². The molecule has 2 aliphatic rings. The molecule has 1 aliphatic carbocycles. The topological polar surface area (TPSA) is 99.3 Å². The summed E-state index contributed by atoms with van der Waals surface area (Å²) in [7, 11) is 0. The van der Waals surface area contributed by atoms with Crippen molar-refractivity contribution in [3.63, 3.8) is 0 Å². The molecule has 2 heterocycles. The number of benzene rings is 1. The van der Waals surface area contributed by atoms with Crippen LogP contribution < -0.4 is 5.32 Å². The second-order valence-corrected chi connectivity index (χ2v) is 8.70. The smallest absolute Gasteiger partial charge is 0.148 e. The summed E-state index contributed by atoms with van der Waals surface area (Å²) in [6.45, 7) is 4.52. The zero-order chi connectivity index (χ0) is 21.4. The van der Waals surface area contributed by atoms with Crippen molar-refractivity contribution in [1.29, 1.82) is 0 Å². The Bertz CT molecular complexity index is 992. The van der Waals surface area contributed by atoms with Crippen molar-refractivity contribution in [3.05, 3.63) is 29.5 Å². The van der Waals surface area contributed by atoms with Crippen LogP contribution in [0.15, 0.2) is 18.2 Å². The summed E-state index contributed by atoms with van der Waals surface area (Å²) in [5.74, 6) is -1.36. The van der Waals surface area contributed by atoms with Gasteiger partial charge in [0.2, 0.25) is 0 Å². The van der Waals surface area contributed by atoms with Crippen LogP contribution in [-0.4, -0.2) is 34.0 Å². The molecule has 160 valence electrons. The fourth-order valence-electron chi connectivity index (χ4n) is 5.21. The number of rotatable bonds is 3. The Labute approximate surface area is 176 Å². The molecule has 4 rings (SSSR count). The Morgan fingerprint density at radius 3 is 2.50 bits per heavy atom. The lowest BCUT2D eigenvalue weighted by molar-refractivity contribution is -0.139. The van der Waals surface area contributed by atoms with E-state index in [-0.39, 0.29) is 35.4 Å². The first kappa shape index (κ1) is 20.8. The molecule has 4 atom stereocenters. The highest BCUT2D eigenvalue weighted by molar-refractivity contribution is 6.07. The minimum atomic E-state index is -0.800. The highest BCUT2D eigenvalue weighted by atomic mass is 16.3. The van der Waals surface area contributed by atoms with E-state index in [0.717, 1.165) is 28.6 Å². The standard InChI is InChI=1S/C24H30N2O4/c1-3-13-5-6-15(27)11-14(4-2)24(30)20(23(13)29)22-21-17(9-10-25-22)18-12-16(28)7-8-19(18)26-21/h7-8,12-14,20,22,25-26,28H,3-6,9-11H2,1-2H3. The zero-order valence-corrected chi connectivity index (χ0v) is 17.7. The molecule has 1 aromatic heterocycles. The maximum atomic E-state index is 13.6. The number of nitrogens with one attached hydrogen (secondary N) is 2. The van der Waals surface area contributed by atoms with Gasteiger partial charge in [-0.25, -0.2) is 0 Å². The number of aromatic hydroxyl groups is 1. The van der Waals surface area contributed by atoms with Gasteiger partial charge in [0.05, 0.1) is 12.0 Å². The van der Waals surface area contributed by atoms with E-state index < -0.39 is 17.9 Å². The lowest BCUT2D eigenvalue weighted by Crippen LogP contribution is -2.45. The molecular formula is C24H30N2O4. The van der Waals surface area contributed by atoms with E-state index in [9.17, 15) is 19.5 Å². The Kier molecular flexibility index (Phi) is 5.78. The number of Topliss-reactive ketones (excluding diaryl/α,β-unsaturated/α-hetero) is 3. The summed E-state index contributed by atoms with van der Waals surface area (Å²) >= 11 is 0. The van der Waals surface area contributed by atoms with Crippen LogP contribution in [0.1, 0.15) is 63.3 Å². The number of fused-ring (bicyclic) bond motifs is 3. The van der Waals surface area contributed by atoms with Gasteiger partial charge in [-0.05, 0) is 56.0 Å². The molecule has 0 radical (unpaired) electrons. The average molecular weight is 411 g/mol. The Morgan fingerprint density at radius 1 is 1.03 bits per heavy atom. The first-order chi connectivity index (χ1) is 14.4. The third-order valence-corrected chi connectivity index (χ3v) is 6.96. The van der Waals surface area contributed by atoms with E-state index in [0.29, 0.717) is 32.2 Å². The maximum absolute atomic E-state index is 13.6. The summed E-state index contributed by atoms with van der Waals surface area (Å²) in [5, 5.41) is 14.3. The van der Waals surface area contributed by atoms with Crippen LogP contribution in [0.4, 0.5) is 0 Å². The largest absolute Gasteiger partial charge is 0.508 e. The summed E-state index contributed by atoms with van der Waals surface area (Å²) < 4.78 is 0. The number of H-pyrrole nitrogens is 1. The molecule has 1 fully saturated rings. The minimum Gasteiger partial charge on any atom is -0.508 e. The lowest BCUT2D eigenvalue weighted by Gasteiger charge is -2.33. The molecule has 30 heavy (non-hydrogen) atoms. The van der Waals surface area contributed by atoms with Gasteiger partial charge in [0.1, 0.15) is 23.1 Å². The Hall–Kier alpha value is -2.47. The number of aromatic nitrogens is 1. The van der Waals surface area contributed by atoms with E-state index in [1.54, 1.807) is 12.1 Å². The van der Waals surface area contributed by atoms with Crippen molar-refractivity contribution >= 4 is 28.3 Å². The summed E-state index contributed by atoms with van der Waals surface area (Å²) in [5.41, 5.74) is 2.81. The fraction of sp³-hybridized carbons (Fsp3) is 0.542. The molecule has 1 aromatic carbocycles. The van der Waals surface area contributed by atoms with Crippen LogP contribution in [0.25, 0.3) is 10.9 Å². The van der Waals surface area contributed by atoms with Gasteiger partial charge in [-0.15, -0.1) is 0 Å². The highest BCUT2D eigenvalue weighted by Crippen LogP contribution is 2.39. The fourth-order valence-corrected chi connectivity index (χ4v) is 5.21. The normalized spacial score (nSPS) is 28.1. The third kappa shape index (κ3) is 3.58. The molecule has 3 N–H and O–H groups in total. The molecule has 0 amide bonds. The first-order valence-corrected chi connectivity index (χ1v) is 11.1. The van der Waals surface area contributed by atoms with Crippen molar-refractivity contribution in [1.82, 2.24) is 10.3 Å². The second kappa shape index (κ2) is 8.34. The second-order valence-electron chi connectivity index (χ2n) is 8.70. The number of hydrogen-bond donors (Lipinski definition) is 3. The molecule has 1 saturated carbocycles. The molecule has 1 aliphatic heterocycles. The van der Waals surface area contributed by atoms with Gasteiger partial charge in [-0.2, -0.15) is 0 Å². The number of carbonyl (C=O) groups excluding carboxylic acids is 3. The molecule has 6 nitrogen and oxygen atoms in total. The first-order valence-electron chi connectivity index (χ1n) is 11.1. The van der Waals surface area contributed by atoms with Crippen LogP contribution in [0.5, 0.6) is 5.75 Å².